The van der Waals surface area contributed by atoms with Gasteiger partial charge in [0, 0.05) is 0 Å². The van der Waals surface area contributed by atoms with Gasteiger partial charge in [-0.25, -0.2) is 0 Å². The number of carbonyl (C=O) groups excluding carboxylic acids is 1. The molecule has 0 radical (unpaired) electrons. The SMILES string of the molecule is O=C1c2oc3ccccc3c(=O)c2[C@@H](c2ccccc2)N1Cc1ccco1. The van der Waals surface area contributed by atoms with E-state index in [2.05, 4.69) is 0 Å². The molecule has 0 bridgehead atoms. The van der Waals surface area contributed by atoms with Crippen molar-refractivity contribution in [3.63, 3.8) is 0 Å². The predicted molar refractivity (Wildman–Crippen MR) is 99.4 cm³/mol. The van der Waals surface area contributed by atoms with Crippen LogP contribution in [0.1, 0.15) is 33.5 Å². The van der Waals surface area contributed by atoms with E-state index in [1.54, 1.807) is 41.5 Å². The second kappa shape index (κ2) is 5.99. The van der Waals surface area contributed by atoms with E-state index in [0.29, 0.717) is 22.3 Å². The molecule has 0 unspecified atom stereocenters. The molecule has 1 amide bonds. The van der Waals surface area contributed by atoms with Crippen LogP contribution in [0.5, 0.6) is 0 Å². The normalized spacial score (nSPS) is 16.1. The minimum absolute atomic E-state index is 0.110. The van der Waals surface area contributed by atoms with Crippen molar-refractivity contribution in [1.82, 2.24) is 4.90 Å². The summed E-state index contributed by atoms with van der Waals surface area (Å²) in [5.41, 5.74) is 1.49. The molecular weight excluding hydrogens is 342 g/mol. The van der Waals surface area contributed by atoms with Crippen LogP contribution in [0.3, 0.4) is 0 Å². The Morgan fingerprint density at radius 1 is 0.889 bits per heavy atom. The molecule has 1 aliphatic rings. The van der Waals surface area contributed by atoms with Gasteiger partial charge in [0.15, 0.2) is 5.43 Å². The Kier molecular flexibility index (Phi) is 3.47. The van der Waals surface area contributed by atoms with E-state index < -0.39 is 6.04 Å². The molecule has 1 aliphatic heterocycles. The fourth-order valence-electron chi connectivity index (χ4n) is 3.68. The number of benzene rings is 2. The van der Waals surface area contributed by atoms with Crippen LogP contribution in [0.25, 0.3) is 11.0 Å². The molecule has 2 aromatic carbocycles. The fourth-order valence-corrected chi connectivity index (χ4v) is 3.68. The molecule has 0 N–H and O–H groups in total. The van der Waals surface area contributed by atoms with Crippen molar-refractivity contribution < 1.29 is 13.6 Å². The van der Waals surface area contributed by atoms with Crippen molar-refractivity contribution >= 4 is 16.9 Å². The minimum atomic E-state index is -0.514. The van der Waals surface area contributed by atoms with Gasteiger partial charge in [-0.05, 0) is 29.8 Å². The maximum Gasteiger partial charge on any atom is 0.291 e. The van der Waals surface area contributed by atoms with Gasteiger partial charge in [-0.3, -0.25) is 9.59 Å². The molecule has 0 aliphatic carbocycles. The third-order valence-electron chi connectivity index (χ3n) is 4.89. The maximum absolute atomic E-state index is 13.2. The van der Waals surface area contributed by atoms with Gasteiger partial charge in [-0.1, -0.05) is 42.5 Å². The van der Waals surface area contributed by atoms with E-state index in [1.807, 2.05) is 36.4 Å². The summed E-state index contributed by atoms with van der Waals surface area (Å²) in [7, 11) is 0. The Morgan fingerprint density at radius 2 is 1.67 bits per heavy atom. The van der Waals surface area contributed by atoms with Crippen molar-refractivity contribution in [2.24, 2.45) is 0 Å². The molecule has 0 spiro atoms. The third-order valence-corrected chi connectivity index (χ3v) is 4.89. The highest BCUT2D eigenvalue weighted by molar-refractivity contribution is 5.99. The van der Waals surface area contributed by atoms with Gasteiger partial charge < -0.3 is 13.7 Å². The van der Waals surface area contributed by atoms with Crippen LogP contribution in [0, 0.1) is 0 Å². The van der Waals surface area contributed by atoms with E-state index in [0.717, 1.165) is 5.56 Å². The lowest BCUT2D eigenvalue weighted by Gasteiger charge is -2.24. The summed E-state index contributed by atoms with van der Waals surface area (Å²) in [6.07, 6.45) is 1.57. The Bertz CT molecular complexity index is 1190. The summed E-state index contributed by atoms with van der Waals surface area (Å²) >= 11 is 0. The van der Waals surface area contributed by atoms with Crippen LogP contribution >= 0.6 is 0 Å². The molecule has 5 rings (SSSR count). The van der Waals surface area contributed by atoms with Crippen LogP contribution in [-0.4, -0.2) is 10.8 Å². The first-order valence-electron chi connectivity index (χ1n) is 8.68. The van der Waals surface area contributed by atoms with Crippen LogP contribution < -0.4 is 5.43 Å². The van der Waals surface area contributed by atoms with Crippen LogP contribution in [0.15, 0.2) is 86.6 Å². The first-order chi connectivity index (χ1) is 13.2. The molecule has 27 heavy (non-hydrogen) atoms. The lowest BCUT2D eigenvalue weighted by atomic mass is 9.98. The molecule has 2 aromatic heterocycles. The molecule has 0 saturated heterocycles. The fraction of sp³-hybridized carbons (Fsp3) is 0.0909. The van der Waals surface area contributed by atoms with Gasteiger partial charge in [0.2, 0.25) is 5.76 Å². The zero-order valence-electron chi connectivity index (χ0n) is 14.3. The number of para-hydroxylation sites is 1. The molecule has 0 saturated carbocycles. The molecular formula is C22H15NO4. The lowest BCUT2D eigenvalue weighted by Crippen LogP contribution is -2.29. The van der Waals surface area contributed by atoms with Gasteiger partial charge in [0.25, 0.3) is 5.91 Å². The summed E-state index contributed by atoms with van der Waals surface area (Å²) in [6.45, 7) is 0.255. The van der Waals surface area contributed by atoms with E-state index in [9.17, 15) is 9.59 Å². The number of fused-ring (bicyclic) bond motifs is 2. The Labute approximate surface area is 154 Å². The number of nitrogens with zero attached hydrogens (tertiary/aromatic N) is 1. The number of carbonyl (C=O) groups is 1. The van der Waals surface area contributed by atoms with Crippen LogP contribution in [-0.2, 0) is 6.54 Å². The van der Waals surface area contributed by atoms with Gasteiger partial charge in [-0.15, -0.1) is 0 Å². The van der Waals surface area contributed by atoms with E-state index >= 15 is 0 Å². The molecule has 5 nitrogen and oxygen atoms in total. The summed E-state index contributed by atoms with van der Waals surface area (Å²) in [5.74, 6) is 0.450. The summed E-state index contributed by atoms with van der Waals surface area (Å²) < 4.78 is 11.3. The predicted octanol–water partition coefficient (Wildman–Crippen LogP) is 4.13. The minimum Gasteiger partial charge on any atom is -0.467 e. The van der Waals surface area contributed by atoms with Crippen LogP contribution in [0.4, 0.5) is 0 Å². The summed E-state index contributed by atoms with van der Waals surface area (Å²) in [6, 6.07) is 19.6. The van der Waals surface area contributed by atoms with Gasteiger partial charge in [0.1, 0.15) is 11.3 Å². The number of hydrogen-bond donors (Lipinski definition) is 0. The lowest BCUT2D eigenvalue weighted by molar-refractivity contribution is 0.0701. The summed E-state index contributed by atoms with van der Waals surface area (Å²) in [4.78, 5) is 28.0. The molecule has 132 valence electrons. The quantitative estimate of drug-likeness (QED) is 0.553. The van der Waals surface area contributed by atoms with Crippen molar-refractivity contribution in [2.45, 2.75) is 12.6 Å². The van der Waals surface area contributed by atoms with Gasteiger partial charge >= 0.3 is 0 Å². The van der Waals surface area contributed by atoms with Crippen molar-refractivity contribution in [3.8, 4) is 0 Å². The topological polar surface area (TPSA) is 63.7 Å². The highest BCUT2D eigenvalue weighted by atomic mass is 16.3. The van der Waals surface area contributed by atoms with E-state index in [4.69, 9.17) is 8.83 Å². The zero-order chi connectivity index (χ0) is 18.4. The maximum atomic E-state index is 13.2. The third kappa shape index (κ3) is 2.39. The van der Waals surface area contributed by atoms with Crippen molar-refractivity contribution in [3.05, 3.63) is 106 Å². The molecule has 1 atom stereocenters. The highest BCUT2D eigenvalue weighted by Gasteiger charge is 2.42. The van der Waals surface area contributed by atoms with Gasteiger partial charge in [0.05, 0.1) is 29.8 Å². The Balaban J connectivity index is 1.75. The van der Waals surface area contributed by atoms with Crippen LogP contribution in [0.2, 0.25) is 0 Å². The average Bonchev–Trinajstić information content (AvgIpc) is 3.31. The molecule has 3 heterocycles. The highest BCUT2D eigenvalue weighted by Crippen LogP contribution is 2.38. The number of amides is 1. The second-order valence-corrected chi connectivity index (χ2v) is 6.50. The number of hydrogen-bond acceptors (Lipinski definition) is 4. The van der Waals surface area contributed by atoms with Gasteiger partial charge in [-0.2, -0.15) is 0 Å². The molecule has 5 heteroatoms. The largest absolute Gasteiger partial charge is 0.467 e. The Hall–Kier alpha value is -3.60. The van der Waals surface area contributed by atoms with E-state index in [1.165, 1.54) is 0 Å². The number of furan rings is 1. The monoisotopic (exact) mass is 357 g/mol. The smallest absolute Gasteiger partial charge is 0.291 e. The van der Waals surface area contributed by atoms with Crippen molar-refractivity contribution in [2.75, 3.05) is 0 Å². The average molecular weight is 357 g/mol. The molecule has 4 aromatic rings. The standard InChI is InChI=1S/C22H15NO4/c24-20-16-10-4-5-11-17(16)27-21-18(20)19(14-7-2-1-3-8-14)23(22(21)25)13-15-9-6-12-26-15/h1-12,19H,13H2/t19-/m1/s1. The van der Waals surface area contributed by atoms with Crippen molar-refractivity contribution in [1.29, 1.82) is 0 Å². The Morgan fingerprint density at radius 3 is 2.44 bits per heavy atom. The van der Waals surface area contributed by atoms with E-state index in [-0.39, 0.29) is 23.6 Å². The molecule has 0 fully saturated rings. The number of rotatable bonds is 3. The first-order valence-corrected chi connectivity index (χ1v) is 8.68. The zero-order valence-corrected chi connectivity index (χ0v) is 14.3. The summed E-state index contributed by atoms with van der Waals surface area (Å²) in [5, 5.41) is 0.477. The second-order valence-electron chi connectivity index (χ2n) is 6.50. The first kappa shape index (κ1) is 15.6.